The minimum Gasteiger partial charge on any atom is -0.494 e. The number of benzene rings is 1. The molecule has 1 aliphatic rings. The van der Waals surface area contributed by atoms with E-state index in [0.717, 1.165) is 0 Å². The molecular formula is C13H15NO4. The minimum absolute atomic E-state index is 0.174. The standard InChI is InChI=1S/C13H15NO4/c1-2-17-11-6-4-3-5-10(11)14-13(15)12-9-16-7-8-18-12/h3-6,9H,2,7-8H2,1H3,(H,14,15). The van der Waals surface area contributed by atoms with Crippen LogP contribution in [0.5, 0.6) is 5.75 Å². The van der Waals surface area contributed by atoms with Crippen molar-refractivity contribution in [2.24, 2.45) is 0 Å². The Hall–Kier alpha value is -2.17. The number of hydrogen-bond acceptors (Lipinski definition) is 4. The number of hydrogen-bond donors (Lipinski definition) is 1. The Morgan fingerprint density at radius 2 is 2.22 bits per heavy atom. The number of rotatable bonds is 4. The Morgan fingerprint density at radius 3 is 2.94 bits per heavy atom. The number of amides is 1. The molecule has 1 heterocycles. The molecule has 1 aliphatic heterocycles. The van der Waals surface area contributed by atoms with Crippen molar-refractivity contribution in [3.8, 4) is 5.75 Å². The van der Waals surface area contributed by atoms with Crippen LogP contribution in [0.4, 0.5) is 5.69 Å². The maximum Gasteiger partial charge on any atom is 0.294 e. The van der Waals surface area contributed by atoms with E-state index in [1.807, 2.05) is 19.1 Å². The van der Waals surface area contributed by atoms with E-state index in [1.54, 1.807) is 12.1 Å². The van der Waals surface area contributed by atoms with Crippen molar-refractivity contribution in [1.29, 1.82) is 0 Å². The van der Waals surface area contributed by atoms with Gasteiger partial charge in [0.2, 0.25) is 5.76 Å². The van der Waals surface area contributed by atoms with Crippen molar-refractivity contribution in [1.82, 2.24) is 0 Å². The first-order valence-corrected chi connectivity index (χ1v) is 5.79. The Bertz CT molecular complexity index is 456. The first kappa shape index (κ1) is 12.3. The highest BCUT2D eigenvalue weighted by atomic mass is 16.6. The van der Waals surface area contributed by atoms with E-state index in [2.05, 4.69) is 5.32 Å². The Kier molecular flexibility index (Phi) is 4.06. The molecule has 1 amide bonds. The molecule has 0 fully saturated rings. The van der Waals surface area contributed by atoms with Gasteiger partial charge in [-0.3, -0.25) is 4.79 Å². The van der Waals surface area contributed by atoms with Crippen LogP contribution < -0.4 is 10.1 Å². The van der Waals surface area contributed by atoms with Gasteiger partial charge in [-0.15, -0.1) is 0 Å². The van der Waals surface area contributed by atoms with Crippen molar-refractivity contribution in [3.63, 3.8) is 0 Å². The summed E-state index contributed by atoms with van der Waals surface area (Å²) in [5.74, 6) is 0.458. The largest absolute Gasteiger partial charge is 0.494 e. The molecule has 0 saturated heterocycles. The predicted octanol–water partition coefficient (Wildman–Crippen LogP) is 1.91. The quantitative estimate of drug-likeness (QED) is 0.885. The molecular weight excluding hydrogens is 234 g/mol. The average molecular weight is 249 g/mol. The van der Waals surface area contributed by atoms with Crippen LogP contribution in [0.25, 0.3) is 0 Å². The highest BCUT2D eigenvalue weighted by Crippen LogP contribution is 2.24. The highest BCUT2D eigenvalue weighted by molar-refractivity contribution is 6.02. The second-order valence-corrected chi connectivity index (χ2v) is 3.58. The van der Waals surface area contributed by atoms with Gasteiger partial charge >= 0.3 is 0 Å². The molecule has 0 bridgehead atoms. The molecule has 18 heavy (non-hydrogen) atoms. The number of anilines is 1. The van der Waals surface area contributed by atoms with Gasteiger partial charge in [0.15, 0.2) is 0 Å². The lowest BCUT2D eigenvalue weighted by atomic mass is 10.3. The third-order valence-electron chi connectivity index (χ3n) is 2.31. The molecule has 0 unspecified atom stereocenters. The summed E-state index contributed by atoms with van der Waals surface area (Å²) in [6.45, 7) is 3.27. The monoisotopic (exact) mass is 249 g/mol. The third kappa shape index (κ3) is 2.94. The van der Waals surface area contributed by atoms with Gasteiger partial charge in [-0.2, -0.15) is 0 Å². The molecule has 1 aromatic rings. The lowest BCUT2D eigenvalue weighted by Crippen LogP contribution is -2.21. The van der Waals surface area contributed by atoms with Gasteiger partial charge in [0.1, 0.15) is 25.2 Å². The summed E-state index contributed by atoms with van der Waals surface area (Å²) in [6, 6.07) is 7.24. The molecule has 1 aromatic carbocycles. The summed E-state index contributed by atoms with van der Waals surface area (Å²) in [5, 5.41) is 2.73. The van der Waals surface area contributed by atoms with E-state index >= 15 is 0 Å². The zero-order valence-corrected chi connectivity index (χ0v) is 10.1. The van der Waals surface area contributed by atoms with Gasteiger partial charge in [-0.1, -0.05) is 12.1 Å². The maximum atomic E-state index is 11.9. The lowest BCUT2D eigenvalue weighted by Gasteiger charge is -2.16. The summed E-state index contributed by atoms with van der Waals surface area (Å²) in [5.41, 5.74) is 0.611. The van der Waals surface area contributed by atoms with E-state index < -0.39 is 0 Å². The van der Waals surface area contributed by atoms with E-state index in [0.29, 0.717) is 31.3 Å². The fourth-order valence-corrected chi connectivity index (χ4v) is 1.52. The number of carbonyl (C=O) groups is 1. The Balaban J connectivity index is 2.08. The molecule has 0 aromatic heterocycles. The Labute approximate surface area is 105 Å². The highest BCUT2D eigenvalue weighted by Gasteiger charge is 2.16. The van der Waals surface area contributed by atoms with Crippen molar-refractivity contribution < 1.29 is 19.0 Å². The summed E-state index contributed by atoms with van der Waals surface area (Å²) in [6.07, 6.45) is 1.32. The molecule has 0 saturated carbocycles. The number of carbonyl (C=O) groups excluding carboxylic acids is 1. The minimum atomic E-state index is -0.346. The van der Waals surface area contributed by atoms with E-state index in [1.165, 1.54) is 6.26 Å². The normalized spacial score (nSPS) is 13.9. The first-order chi connectivity index (χ1) is 8.81. The fraction of sp³-hybridized carbons (Fsp3) is 0.308. The molecule has 2 rings (SSSR count). The third-order valence-corrected chi connectivity index (χ3v) is 2.31. The van der Waals surface area contributed by atoms with Gasteiger partial charge < -0.3 is 19.5 Å². The summed E-state index contributed by atoms with van der Waals surface area (Å²) in [7, 11) is 0. The van der Waals surface area contributed by atoms with Crippen LogP contribution in [0.3, 0.4) is 0 Å². The molecule has 0 aliphatic carbocycles. The van der Waals surface area contributed by atoms with Crippen LogP contribution in [-0.2, 0) is 14.3 Å². The van der Waals surface area contributed by atoms with E-state index in [-0.39, 0.29) is 11.7 Å². The lowest BCUT2D eigenvalue weighted by molar-refractivity contribution is -0.117. The van der Waals surface area contributed by atoms with Crippen molar-refractivity contribution in [2.45, 2.75) is 6.92 Å². The predicted molar refractivity (Wildman–Crippen MR) is 66.2 cm³/mol. The number of nitrogens with one attached hydrogen (secondary N) is 1. The first-order valence-electron chi connectivity index (χ1n) is 5.79. The van der Waals surface area contributed by atoms with Gasteiger partial charge in [0.25, 0.3) is 5.91 Å². The zero-order valence-electron chi connectivity index (χ0n) is 10.1. The number of ether oxygens (including phenoxy) is 3. The van der Waals surface area contributed by atoms with Gasteiger partial charge in [0.05, 0.1) is 12.3 Å². The Morgan fingerprint density at radius 1 is 1.39 bits per heavy atom. The molecule has 5 nitrogen and oxygen atoms in total. The van der Waals surface area contributed by atoms with E-state index in [9.17, 15) is 4.79 Å². The van der Waals surface area contributed by atoms with Crippen molar-refractivity contribution >= 4 is 11.6 Å². The van der Waals surface area contributed by atoms with Crippen LogP contribution in [0.1, 0.15) is 6.92 Å². The molecule has 5 heteroatoms. The van der Waals surface area contributed by atoms with Crippen LogP contribution in [0, 0.1) is 0 Å². The van der Waals surface area contributed by atoms with E-state index in [4.69, 9.17) is 14.2 Å². The van der Waals surface area contributed by atoms with Gasteiger partial charge in [0, 0.05) is 0 Å². The van der Waals surface area contributed by atoms with Gasteiger partial charge in [-0.05, 0) is 19.1 Å². The van der Waals surface area contributed by atoms with Gasteiger partial charge in [-0.25, -0.2) is 0 Å². The number of para-hydroxylation sites is 2. The van der Waals surface area contributed by atoms with Crippen LogP contribution in [0.2, 0.25) is 0 Å². The topological polar surface area (TPSA) is 56.8 Å². The van der Waals surface area contributed by atoms with Crippen LogP contribution in [0.15, 0.2) is 36.3 Å². The summed E-state index contributed by atoms with van der Waals surface area (Å²) < 4.78 is 15.7. The maximum absolute atomic E-state index is 11.9. The smallest absolute Gasteiger partial charge is 0.294 e. The SMILES string of the molecule is CCOc1ccccc1NC(=O)C1=COCCO1. The molecule has 1 N–H and O–H groups in total. The van der Waals surface area contributed by atoms with Crippen LogP contribution >= 0.6 is 0 Å². The molecule has 96 valence electrons. The van der Waals surface area contributed by atoms with Crippen molar-refractivity contribution in [2.75, 3.05) is 25.1 Å². The zero-order chi connectivity index (χ0) is 12.8. The average Bonchev–Trinajstić information content (AvgIpc) is 2.42. The molecule has 0 spiro atoms. The fourth-order valence-electron chi connectivity index (χ4n) is 1.52. The molecule has 0 atom stereocenters. The second-order valence-electron chi connectivity index (χ2n) is 3.58. The van der Waals surface area contributed by atoms with Crippen LogP contribution in [-0.4, -0.2) is 25.7 Å². The van der Waals surface area contributed by atoms with Crippen molar-refractivity contribution in [3.05, 3.63) is 36.3 Å². The second kappa shape index (κ2) is 5.95. The summed E-state index contributed by atoms with van der Waals surface area (Å²) in [4.78, 5) is 11.9. The molecule has 0 radical (unpaired) electrons. The summed E-state index contributed by atoms with van der Waals surface area (Å²) >= 11 is 0.